The summed E-state index contributed by atoms with van der Waals surface area (Å²) < 4.78 is 13.9. The van der Waals surface area contributed by atoms with Crippen LogP contribution < -0.4 is 5.32 Å². The van der Waals surface area contributed by atoms with Gasteiger partial charge in [-0.1, -0.05) is 0 Å². The van der Waals surface area contributed by atoms with Crippen molar-refractivity contribution in [2.75, 3.05) is 0 Å². The van der Waals surface area contributed by atoms with Gasteiger partial charge < -0.3 is 10.3 Å². The minimum atomic E-state index is -0.238. The molecule has 2 aromatic rings. The second-order valence-electron chi connectivity index (χ2n) is 5.70. The fourth-order valence-electron chi connectivity index (χ4n) is 3.50. The number of hydrogen-bond donors (Lipinski definition) is 2. The van der Waals surface area contributed by atoms with Crippen molar-refractivity contribution in [1.82, 2.24) is 15.3 Å². The molecule has 2 aliphatic heterocycles. The highest BCUT2D eigenvalue weighted by atomic mass is 79.9. The highest BCUT2D eigenvalue weighted by Gasteiger charge is 2.41. The van der Waals surface area contributed by atoms with Crippen LogP contribution in [0.4, 0.5) is 4.39 Å². The molecule has 5 heteroatoms. The smallest absolute Gasteiger partial charge is 0.124 e. The Morgan fingerprint density at radius 1 is 1.30 bits per heavy atom. The quantitative estimate of drug-likeness (QED) is 0.880. The van der Waals surface area contributed by atoms with Crippen LogP contribution in [0.15, 0.2) is 28.9 Å². The Morgan fingerprint density at radius 2 is 2.20 bits per heavy atom. The summed E-state index contributed by atoms with van der Waals surface area (Å²) in [5.41, 5.74) is 1.89. The lowest BCUT2D eigenvalue weighted by Gasteiger charge is -2.17. The van der Waals surface area contributed by atoms with Crippen molar-refractivity contribution in [2.45, 2.75) is 37.3 Å². The highest BCUT2D eigenvalue weighted by molar-refractivity contribution is 9.10. The first-order valence-electron chi connectivity index (χ1n) is 6.97. The van der Waals surface area contributed by atoms with E-state index in [1.54, 1.807) is 6.07 Å². The molecule has 3 heterocycles. The number of nitrogens with one attached hydrogen (secondary N) is 2. The van der Waals surface area contributed by atoms with Crippen molar-refractivity contribution in [3.05, 3.63) is 40.5 Å². The van der Waals surface area contributed by atoms with E-state index < -0.39 is 0 Å². The van der Waals surface area contributed by atoms with Crippen molar-refractivity contribution >= 4 is 15.9 Å². The minimum Gasteiger partial charge on any atom is -0.342 e. The molecule has 0 radical (unpaired) electrons. The van der Waals surface area contributed by atoms with Gasteiger partial charge in [0.05, 0.1) is 11.9 Å². The van der Waals surface area contributed by atoms with Gasteiger partial charge in [-0.05, 0) is 53.4 Å². The molecule has 0 aliphatic carbocycles. The molecule has 2 saturated heterocycles. The summed E-state index contributed by atoms with van der Waals surface area (Å²) in [5.74, 6) is 1.30. The van der Waals surface area contributed by atoms with Crippen molar-refractivity contribution < 1.29 is 4.39 Å². The Bertz CT molecular complexity index is 654. The van der Waals surface area contributed by atoms with Gasteiger partial charge in [-0.2, -0.15) is 0 Å². The first-order chi connectivity index (χ1) is 9.70. The number of nitrogens with zero attached hydrogens (tertiary/aromatic N) is 1. The topological polar surface area (TPSA) is 40.7 Å². The van der Waals surface area contributed by atoms with Crippen LogP contribution in [0.5, 0.6) is 0 Å². The van der Waals surface area contributed by atoms with E-state index >= 15 is 0 Å². The summed E-state index contributed by atoms with van der Waals surface area (Å²) >= 11 is 3.41. The number of rotatable bonds is 2. The van der Waals surface area contributed by atoms with E-state index in [1.165, 1.54) is 31.4 Å². The fourth-order valence-corrected chi connectivity index (χ4v) is 4.06. The Hall–Kier alpha value is -1.20. The predicted molar refractivity (Wildman–Crippen MR) is 79.0 cm³/mol. The lowest BCUT2D eigenvalue weighted by molar-refractivity contribution is 0.490. The highest BCUT2D eigenvalue weighted by Crippen LogP contribution is 2.39. The molecule has 104 valence electrons. The second kappa shape index (κ2) is 4.67. The average Bonchev–Trinajstić information content (AvgIpc) is 3.14. The average molecular weight is 336 g/mol. The van der Waals surface area contributed by atoms with Gasteiger partial charge in [0.1, 0.15) is 11.6 Å². The Labute approximate surface area is 125 Å². The van der Waals surface area contributed by atoms with Crippen LogP contribution in [0, 0.1) is 5.82 Å². The predicted octanol–water partition coefficient (Wildman–Crippen LogP) is 3.59. The number of benzene rings is 1. The summed E-state index contributed by atoms with van der Waals surface area (Å²) in [6, 6.07) is 5.96. The summed E-state index contributed by atoms with van der Waals surface area (Å²) in [5, 5.41) is 3.63. The number of aromatic nitrogens is 2. The van der Waals surface area contributed by atoms with Gasteiger partial charge in [0.15, 0.2) is 0 Å². The first-order valence-corrected chi connectivity index (χ1v) is 7.76. The molecule has 0 spiro atoms. The maximum atomic E-state index is 13.2. The largest absolute Gasteiger partial charge is 0.342 e. The fraction of sp³-hybridized carbons (Fsp3) is 0.400. The molecular weight excluding hydrogens is 321 g/mol. The van der Waals surface area contributed by atoms with E-state index in [2.05, 4.69) is 31.2 Å². The zero-order chi connectivity index (χ0) is 13.7. The van der Waals surface area contributed by atoms with E-state index in [4.69, 9.17) is 0 Å². The lowest BCUT2D eigenvalue weighted by Crippen LogP contribution is -2.22. The van der Waals surface area contributed by atoms with E-state index in [1.807, 2.05) is 6.20 Å². The Balaban J connectivity index is 1.65. The molecule has 2 bridgehead atoms. The number of hydrogen-bond acceptors (Lipinski definition) is 2. The van der Waals surface area contributed by atoms with E-state index in [0.717, 1.165) is 21.6 Å². The number of imidazole rings is 1. The number of aromatic amines is 1. The van der Waals surface area contributed by atoms with Crippen LogP contribution in [0.3, 0.4) is 0 Å². The van der Waals surface area contributed by atoms with Gasteiger partial charge in [0, 0.05) is 28.0 Å². The van der Waals surface area contributed by atoms with Crippen LogP contribution in [0.1, 0.15) is 31.0 Å². The lowest BCUT2D eigenvalue weighted by atomic mass is 9.89. The minimum absolute atomic E-state index is 0.238. The molecule has 3 atom stereocenters. The normalized spacial score (nSPS) is 28.2. The van der Waals surface area contributed by atoms with Crippen LogP contribution in [-0.2, 0) is 0 Å². The molecule has 20 heavy (non-hydrogen) atoms. The SMILES string of the molecule is Fc1ccc(-c2cnc(C3CC4CCC3N4)[nH]2)c(Br)c1. The van der Waals surface area contributed by atoms with Gasteiger partial charge >= 0.3 is 0 Å². The van der Waals surface area contributed by atoms with Gasteiger partial charge in [-0.15, -0.1) is 0 Å². The molecule has 2 fully saturated rings. The van der Waals surface area contributed by atoms with E-state index in [9.17, 15) is 4.39 Å². The molecule has 1 aromatic carbocycles. The van der Waals surface area contributed by atoms with E-state index in [-0.39, 0.29) is 5.82 Å². The standard InChI is InChI=1S/C15H15BrFN3/c16-12-5-8(17)1-3-10(12)14-7-18-15(20-14)11-6-9-2-4-13(11)19-9/h1,3,5,7,9,11,13,19H,2,4,6H2,(H,18,20). The van der Waals surface area contributed by atoms with Crippen LogP contribution in [0.25, 0.3) is 11.3 Å². The first kappa shape index (κ1) is 12.5. The monoisotopic (exact) mass is 335 g/mol. The maximum Gasteiger partial charge on any atom is 0.124 e. The van der Waals surface area contributed by atoms with Crippen molar-refractivity contribution in [2.24, 2.45) is 0 Å². The Kier molecular flexibility index (Phi) is 2.93. The molecular formula is C15H15BrFN3. The number of fused-ring (bicyclic) bond motifs is 2. The molecule has 2 N–H and O–H groups in total. The summed E-state index contributed by atoms with van der Waals surface area (Å²) in [7, 11) is 0. The van der Waals surface area contributed by atoms with Crippen molar-refractivity contribution in [3.63, 3.8) is 0 Å². The summed E-state index contributed by atoms with van der Waals surface area (Å²) in [6.45, 7) is 0. The third-order valence-corrected chi connectivity index (χ3v) is 5.12. The molecule has 0 amide bonds. The third kappa shape index (κ3) is 2.00. The Morgan fingerprint density at radius 3 is 2.90 bits per heavy atom. The molecule has 3 nitrogen and oxygen atoms in total. The number of halogens is 2. The second-order valence-corrected chi connectivity index (χ2v) is 6.55. The van der Waals surface area contributed by atoms with Crippen LogP contribution in [-0.4, -0.2) is 22.1 Å². The van der Waals surface area contributed by atoms with Crippen LogP contribution >= 0.6 is 15.9 Å². The zero-order valence-corrected chi connectivity index (χ0v) is 12.5. The molecule has 1 aromatic heterocycles. The van der Waals surface area contributed by atoms with Crippen molar-refractivity contribution in [3.8, 4) is 11.3 Å². The zero-order valence-electron chi connectivity index (χ0n) is 10.9. The maximum absolute atomic E-state index is 13.2. The summed E-state index contributed by atoms with van der Waals surface area (Å²) in [4.78, 5) is 7.96. The van der Waals surface area contributed by atoms with Crippen molar-refractivity contribution in [1.29, 1.82) is 0 Å². The molecule has 4 rings (SSSR count). The summed E-state index contributed by atoms with van der Waals surface area (Å²) in [6.07, 6.45) is 5.55. The molecule has 2 aliphatic rings. The van der Waals surface area contributed by atoms with Gasteiger partial charge in [-0.3, -0.25) is 0 Å². The van der Waals surface area contributed by atoms with E-state index in [0.29, 0.717) is 18.0 Å². The van der Waals surface area contributed by atoms with Gasteiger partial charge in [-0.25, -0.2) is 9.37 Å². The molecule has 0 saturated carbocycles. The third-order valence-electron chi connectivity index (χ3n) is 4.47. The number of H-pyrrole nitrogens is 1. The van der Waals surface area contributed by atoms with Crippen LogP contribution in [0.2, 0.25) is 0 Å². The van der Waals surface area contributed by atoms with Gasteiger partial charge in [0.2, 0.25) is 0 Å². The molecule has 3 unspecified atom stereocenters. The van der Waals surface area contributed by atoms with Gasteiger partial charge in [0.25, 0.3) is 0 Å².